The van der Waals surface area contributed by atoms with Gasteiger partial charge in [0.15, 0.2) is 0 Å². The van der Waals surface area contributed by atoms with Crippen LogP contribution in [-0.2, 0) is 22.2 Å². The number of aryl methyl sites for hydroxylation is 1. The lowest BCUT2D eigenvalue weighted by Crippen LogP contribution is -2.28. The molecule has 138 valence electrons. The molecule has 1 fully saturated rings. The molecule has 1 saturated heterocycles. The number of amides is 2. The summed E-state index contributed by atoms with van der Waals surface area (Å²) < 4.78 is 38.6. The van der Waals surface area contributed by atoms with E-state index < -0.39 is 29.5 Å². The summed E-state index contributed by atoms with van der Waals surface area (Å²) in [6, 6.07) is 4.52. The summed E-state index contributed by atoms with van der Waals surface area (Å²) in [4.78, 5) is 25.7. The van der Waals surface area contributed by atoms with Gasteiger partial charge in [-0.2, -0.15) is 13.2 Å². The zero-order valence-corrected chi connectivity index (χ0v) is 14.5. The molecule has 2 aromatic rings. The Balaban J connectivity index is 1.71. The van der Waals surface area contributed by atoms with Crippen LogP contribution in [0.25, 0.3) is 0 Å². The second kappa shape index (κ2) is 7.02. The fourth-order valence-electron chi connectivity index (χ4n) is 2.64. The summed E-state index contributed by atoms with van der Waals surface area (Å²) in [5.41, 5.74) is -0.707. The molecule has 2 amide bonds. The van der Waals surface area contributed by atoms with E-state index in [0.29, 0.717) is 11.6 Å². The number of aromatic nitrogens is 2. The van der Waals surface area contributed by atoms with Crippen LogP contribution in [0.3, 0.4) is 0 Å². The summed E-state index contributed by atoms with van der Waals surface area (Å²) in [6.07, 6.45) is -3.87. The number of hydrogen-bond donors (Lipinski definition) is 1. The maximum absolute atomic E-state index is 12.9. The Bertz CT molecular complexity index is 837. The number of carbonyl (C=O) groups excluding carboxylic acids is 2. The fourth-order valence-corrected chi connectivity index (χ4v) is 3.32. The maximum Gasteiger partial charge on any atom is 0.416 e. The van der Waals surface area contributed by atoms with Crippen molar-refractivity contribution in [1.29, 1.82) is 0 Å². The van der Waals surface area contributed by atoms with E-state index in [1.807, 2.05) is 6.92 Å². The first-order valence-electron chi connectivity index (χ1n) is 7.88. The Labute approximate surface area is 151 Å². The molecule has 0 saturated carbocycles. The van der Waals surface area contributed by atoms with Crippen molar-refractivity contribution in [2.75, 3.05) is 16.8 Å². The summed E-state index contributed by atoms with van der Waals surface area (Å²) >= 11 is 1.24. The van der Waals surface area contributed by atoms with Crippen LogP contribution in [0.2, 0.25) is 0 Å². The molecule has 6 nitrogen and oxygen atoms in total. The van der Waals surface area contributed by atoms with Gasteiger partial charge in [-0.15, -0.1) is 10.2 Å². The fraction of sp³-hybridized carbons (Fsp3) is 0.375. The molecule has 1 atom stereocenters. The molecule has 26 heavy (non-hydrogen) atoms. The van der Waals surface area contributed by atoms with Gasteiger partial charge in [0, 0.05) is 18.7 Å². The highest BCUT2D eigenvalue weighted by atomic mass is 32.1. The maximum atomic E-state index is 12.9. The van der Waals surface area contributed by atoms with E-state index >= 15 is 0 Å². The molecular weight excluding hydrogens is 369 g/mol. The Morgan fingerprint density at radius 1 is 1.38 bits per heavy atom. The van der Waals surface area contributed by atoms with Crippen molar-refractivity contribution in [2.45, 2.75) is 25.9 Å². The van der Waals surface area contributed by atoms with E-state index in [2.05, 4.69) is 15.5 Å². The molecule has 1 N–H and O–H groups in total. The summed E-state index contributed by atoms with van der Waals surface area (Å²) in [5, 5.41) is 11.5. The quantitative estimate of drug-likeness (QED) is 0.879. The van der Waals surface area contributed by atoms with Gasteiger partial charge < -0.3 is 10.2 Å². The number of nitrogens with one attached hydrogen (secondary N) is 1. The van der Waals surface area contributed by atoms with Crippen molar-refractivity contribution < 1.29 is 22.8 Å². The average molecular weight is 384 g/mol. The van der Waals surface area contributed by atoms with Crippen LogP contribution < -0.4 is 10.2 Å². The zero-order valence-electron chi connectivity index (χ0n) is 13.7. The normalized spacial score (nSPS) is 17.6. The van der Waals surface area contributed by atoms with E-state index in [-0.39, 0.29) is 18.7 Å². The largest absolute Gasteiger partial charge is 0.416 e. The van der Waals surface area contributed by atoms with Crippen LogP contribution in [0, 0.1) is 5.92 Å². The van der Waals surface area contributed by atoms with Crippen molar-refractivity contribution in [3.8, 4) is 0 Å². The molecule has 0 spiro atoms. The lowest BCUT2D eigenvalue weighted by molar-refractivity contribution is -0.137. The molecule has 1 aliphatic rings. The third-order valence-electron chi connectivity index (χ3n) is 3.98. The molecule has 1 aliphatic heterocycles. The van der Waals surface area contributed by atoms with Crippen molar-refractivity contribution in [3.05, 3.63) is 34.8 Å². The van der Waals surface area contributed by atoms with E-state index in [9.17, 15) is 22.8 Å². The van der Waals surface area contributed by atoms with Crippen LogP contribution >= 0.6 is 11.3 Å². The number of hydrogen-bond acceptors (Lipinski definition) is 5. The number of benzene rings is 1. The number of carbonyl (C=O) groups is 2. The first kappa shape index (κ1) is 18.3. The number of anilines is 2. The third kappa shape index (κ3) is 3.85. The molecular formula is C16H15F3N4O2S. The molecule has 10 heteroatoms. The standard InChI is InChI=1S/C16H15F3N4O2S/c1-2-12-21-22-15(26-12)20-14(25)9-6-13(24)23(8-9)11-5-3-4-10(7-11)16(17,18)19/h3-5,7,9H,2,6,8H2,1H3,(H,20,22,25). The molecule has 1 aromatic carbocycles. The minimum atomic E-state index is -4.50. The Hall–Kier alpha value is -2.49. The van der Waals surface area contributed by atoms with Crippen LogP contribution in [0.4, 0.5) is 24.0 Å². The average Bonchev–Trinajstić information content (AvgIpc) is 3.20. The zero-order chi connectivity index (χ0) is 18.9. The second-order valence-corrected chi connectivity index (χ2v) is 6.86. The van der Waals surface area contributed by atoms with Crippen molar-refractivity contribution >= 4 is 34.0 Å². The van der Waals surface area contributed by atoms with Crippen molar-refractivity contribution in [2.24, 2.45) is 5.92 Å². The van der Waals surface area contributed by atoms with E-state index in [0.717, 1.165) is 17.1 Å². The van der Waals surface area contributed by atoms with Gasteiger partial charge >= 0.3 is 6.18 Å². The molecule has 1 aromatic heterocycles. The van der Waals surface area contributed by atoms with Gasteiger partial charge in [0.1, 0.15) is 5.01 Å². The topological polar surface area (TPSA) is 75.2 Å². The number of nitrogens with zero attached hydrogens (tertiary/aromatic N) is 3. The smallest absolute Gasteiger partial charge is 0.312 e. The Kier molecular flexibility index (Phi) is 4.94. The van der Waals surface area contributed by atoms with Crippen molar-refractivity contribution in [1.82, 2.24) is 10.2 Å². The van der Waals surface area contributed by atoms with Crippen LogP contribution in [-0.4, -0.2) is 28.6 Å². The van der Waals surface area contributed by atoms with Gasteiger partial charge in [0.25, 0.3) is 0 Å². The van der Waals surface area contributed by atoms with E-state index in [1.54, 1.807) is 0 Å². The van der Waals surface area contributed by atoms with E-state index in [4.69, 9.17) is 0 Å². The van der Waals surface area contributed by atoms with Crippen LogP contribution in [0.5, 0.6) is 0 Å². The van der Waals surface area contributed by atoms with Gasteiger partial charge in [-0.3, -0.25) is 9.59 Å². The molecule has 0 aliphatic carbocycles. The van der Waals surface area contributed by atoms with Gasteiger partial charge in [-0.1, -0.05) is 24.3 Å². The molecule has 0 radical (unpaired) electrons. The second-order valence-electron chi connectivity index (χ2n) is 5.80. The van der Waals surface area contributed by atoms with Crippen LogP contribution in [0.15, 0.2) is 24.3 Å². The molecule has 2 heterocycles. The van der Waals surface area contributed by atoms with Crippen LogP contribution in [0.1, 0.15) is 23.9 Å². The van der Waals surface area contributed by atoms with Gasteiger partial charge in [0.2, 0.25) is 16.9 Å². The highest BCUT2D eigenvalue weighted by Gasteiger charge is 2.37. The monoisotopic (exact) mass is 384 g/mol. The number of rotatable bonds is 4. The first-order chi connectivity index (χ1) is 12.3. The third-order valence-corrected chi connectivity index (χ3v) is 4.96. The summed E-state index contributed by atoms with van der Waals surface area (Å²) in [7, 11) is 0. The molecule has 3 rings (SSSR count). The molecule has 1 unspecified atom stereocenters. The first-order valence-corrected chi connectivity index (χ1v) is 8.70. The van der Waals surface area contributed by atoms with Gasteiger partial charge in [-0.05, 0) is 24.6 Å². The summed E-state index contributed by atoms with van der Waals surface area (Å²) in [6.45, 7) is 1.93. The predicted octanol–water partition coefficient (Wildman–Crippen LogP) is 3.11. The Morgan fingerprint density at radius 2 is 2.15 bits per heavy atom. The van der Waals surface area contributed by atoms with E-state index in [1.165, 1.54) is 28.4 Å². The number of alkyl halides is 3. The lowest BCUT2D eigenvalue weighted by Gasteiger charge is -2.18. The Morgan fingerprint density at radius 3 is 2.81 bits per heavy atom. The van der Waals surface area contributed by atoms with Crippen molar-refractivity contribution in [3.63, 3.8) is 0 Å². The number of halogens is 3. The van der Waals surface area contributed by atoms with Gasteiger partial charge in [-0.25, -0.2) is 0 Å². The SMILES string of the molecule is CCc1nnc(NC(=O)C2CC(=O)N(c3cccc(C(F)(F)F)c3)C2)s1. The molecule has 0 bridgehead atoms. The highest BCUT2D eigenvalue weighted by molar-refractivity contribution is 7.15. The highest BCUT2D eigenvalue weighted by Crippen LogP contribution is 2.33. The minimum absolute atomic E-state index is 0.0193. The lowest BCUT2D eigenvalue weighted by atomic mass is 10.1. The summed E-state index contributed by atoms with van der Waals surface area (Å²) in [5.74, 6) is -1.45. The predicted molar refractivity (Wildman–Crippen MR) is 89.8 cm³/mol. The van der Waals surface area contributed by atoms with Gasteiger partial charge in [0.05, 0.1) is 11.5 Å². The minimum Gasteiger partial charge on any atom is -0.312 e.